The number of ketones is 1. The third-order valence-electron chi connectivity index (χ3n) is 3.28. The molecule has 0 bridgehead atoms. The number of ether oxygens (including phenoxy) is 1. The Balaban J connectivity index is 1.95. The second kappa shape index (κ2) is 4.34. The van der Waals surface area contributed by atoms with Gasteiger partial charge in [0.1, 0.15) is 11.8 Å². The molecule has 2 aromatic rings. The number of hydrogen-bond acceptors (Lipinski definition) is 3. The molecule has 0 aliphatic carbocycles. The summed E-state index contributed by atoms with van der Waals surface area (Å²) in [6, 6.07) is 7.63. The molecule has 3 heteroatoms. The lowest BCUT2D eigenvalue weighted by molar-refractivity contribution is 0.0462. The first-order valence-corrected chi connectivity index (χ1v) is 5.94. The molecule has 3 rings (SSSR count). The van der Waals surface area contributed by atoms with Crippen LogP contribution in [-0.2, 0) is 4.74 Å². The van der Waals surface area contributed by atoms with Gasteiger partial charge in [0.2, 0.25) is 0 Å². The van der Waals surface area contributed by atoms with Crippen LogP contribution in [0.25, 0.3) is 11.0 Å². The topological polar surface area (TPSA) is 39.4 Å². The van der Waals surface area contributed by atoms with Crippen LogP contribution < -0.4 is 0 Å². The van der Waals surface area contributed by atoms with Gasteiger partial charge in [0, 0.05) is 17.9 Å². The number of carbonyl (C=O) groups excluding carboxylic acids is 1. The maximum absolute atomic E-state index is 12.3. The molecule has 0 saturated carbocycles. The monoisotopic (exact) mass is 230 g/mol. The minimum atomic E-state index is -0.00949. The number of hydrogen-bond donors (Lipinski definition) is 0. The Morgan fingerprint density at radius 3 is 3.00 bits per heavy atom. The Labute approximate surface area is 99.4 Å². The van der Waals surface area contributed by atoms with Gasteiger partial charge in [-0.25, -0.2) is 0 Å². The molecule has 0 amide bonds. The zero-order chi connectivity index (χ0) is 11.7. The molecule has 1 aromatic carbocycles. The molecular formula is C14H14O3. The highest BCUT2D eigenvalue weighted by molar-refractivity contribution is 6.08. The molecule has 1 unspecified atom stereocenters. The summed E-state index contributed by atoms with van der Waals surface area (Å²) >= 11 is 0. The van der Waals surface area contributed by atoms with Crippen molar-refractivity contribution in [3.8, 4) is 0 Å². The first-order valence-electron chi connectivity index (χ1n) is 5.94. The van der Waals surface area contributed by atoms with E-state index in [-0.39, 0.29) is 11.7 Å². The predicted octanol–water partition coefficient (Wildman–Crippen LogP) is 3.04. The van der Waals surface area contributed by atoms with Gasteiger partial charge in [-0.1, -0.05) is 18.2 Å². The highest BCUT2D eigenvalue weighted by Crippen LogP contribution is 2.26. The van der Waals surface area contributed by atoms with E-state index in [2.05, 4.69) is 0 Å². The van der Waals surface area contributed by atoms with Crippen LogP contribution in [0.4, 0.5) is 0 Å². The van der Waals surface area contributed by atoms with Crippen LogP contribution >= 0.6 is 0 Å². The summed E-state index contributed by atoms with van der Waals surface area (Å²) in [7, 11) is 0. The Kier molecular flexibility index (Phi) is 2.69. The summed E-state index contributed by atoms with van der Waals surface area (Å²) in [5.74, 6) is 0.138. The summed E-state index contributed by atoms with van der Waals surface area (Å²) < 4.78 is 10.8. The van der Waals surface area contributed by atoms with E-state index >= 15 is 0 Å². The number of carbonyl (C=O) groups is 1. The molecular weight excluding hydrogens is 216 g/mol. The third-order valence-corrected chi connectivity index (χ3v) is 3.28. The van der Waals surface area contributed by atoms with Crippen molar-refractivity contribution in [1.29, 1.82) is 0 Å². The number of rotatable bonds is 2. The number of para-hydroxylation sites is 1. The standard InChI is InChI=1S/C14H14O3/c15-14(10-4-3-7-16-8-10)12-9-17-13-6-2-1-5-11(12)13/h1-2,5-6,9-10H,3-4,7-8H2. The Hall–Kier alpha value is -1.61. The third kappa shape index (κ3) is 1.87. The van der Waals surface area contributed by atoms with Crippen LogP contribution in [0, 0.1) is 5.92 Å². The van der Waals surface area contributed by atoms with Crippen LogP contribution in [0.2, 0.25) is 0 Å². The molecule has 1 fully saturated rings. The highest BCUT2D eigenvalue weighted by Gasteiger charge is 2.25. The lowest BCUT2D eigenvalue weighted by Crippen LogP contribution is -2.25. The van der Waals surface area contributed by atoms with Crippen LogP contribution in [0.1, 0.15) is 23.2 Å². The van der Waals surface area contributed by atoms with Crippen molar-refractivity contribution < 1.29 is 13.9 Å². The summed E-state index contributed by atoms with van der Waals surface area (Å²) in [6.45, 7) is 1.31. The zero-order valence-electron chi connectivity index (χ0n) is 9.52. The van der Waals surface area contributed by atoms with Gasteiger partial charge in [-0.15, -0.1) is 0 Å². The van der Waals surface area contributed by atoms with Gasteiger partial charge in [0.05, 0.1) is 12.2 Å². The fourth-order valence-corrected chi connectivity index (χ4v) is 2.34. The molecule has 0 N–H and O–H groups in total. The minimum absolute atomic E-state index is 0.00949. The van der Waals surface area contributed by atoms with E-state index in [1.165, 1.54) is 0 Å². The minimum Gasteiger partial charge on any atom is -0.464 e. The maximum Gasteiger partial charge on any atom is 0.172 e. The van der Waals surface area contributed by atoms with E-state index in [4.69, 9.17) is 9.15 Å². The van der Waals surface area contributed by atoms with Gasteiger partial charge in [-0.05, 0) is 18.9 Å². The fraction of sp³-hybridized carbons (Fsp3) is 0.357. The van der Waals surface area contributed by atoms with Crippen molar-refractivity contribution in [2.75, 3.05) is 13.2 Å². The van der Waals surface area contributed by atoms with E-state index in [0.29, 0.717) is 12.2 Å². The van der Waals surface area contributed by atoms with Crippen LogP contribution in [-0.4, -0.2) is 19.0 Å². The fourth-order valence-electron chi connectivity index (χ4n) is 2.34. The first kappa shape index (κ1) is 10.5. The predicted molar refractivity (Wildman–Crippen MR) is 64.1 cm³/mol. The molecule has 1 aromatic heterocycles. The molecule has 1 saturated heterocycles. The lowest BCUT2D eigenvalue weighted by Gasteiger charge is -2.20. The van der Waals surface area contributed by atoms with E-state index in [1.54, 1.807) is 6.26 Å². The number of furan rings is 1. The molecule has 88 valence electrons. The van der Waals surface area contributed by atoms with Crippen molar-refractivity contribution in [3.05, 3.63) is 36.1 Å². The number of benzene rings is 1. The summed E-state index contributed by atoms with van der Waals surface area (Å²) in [6.07, 6.45) is 3.45. The van der Waals surface area contributed by atoms with E-state index in [0.717, 1.165) is 30.4 Å². The molecule has 2 heterocycles. The highest BCUT2D eigenvalue weighted by atomic mass is 16.5. The van der Waals surface area contributed by atoms with Crippen molar-refractivity contribution in [2.24, 2.45) is 5.92 Å². The maximum atomic E-state index is 12.3. The van der Waals surface area contributed by atoms with Crippen molar-refractivity contribution in [2.45, 2.75) is 12.8 Å². The van der Waals surface area contributed by atoms with Gasteiger partial charge < -0.3 is 9.15 Å². The van der Waals surface area contributed by atoms with Gasteiger partial charge in [-0.3, -0.25) is 4.79 Å². The summed E-state index contributed by atoms with van der Waals surface area (Å²) in [5, 5.41) is 0.906. The molecule has 1 atom stereocenters. The van der Waals surface area contributed by atoms with Crippen LogP contribution in [0.15, 0.2) is 34.9 Å². The van der Waals surface area contributed by atoms with E-state index in [9.17, 15) is 4.79 Å². The van der Waals surface area contributed by atoms with E-state index in [1.807, 2.05) is 24.3 Å². The number of fused-ring (bicyclic) bond motifs is 1. The average Bonchev–Trinajstić information content (AvgIpc) is 2.83. The molecule has 1 aliphatic heterocycles. The van der Waals surface area contributed by atoms with E-state index < -0.39 is 0 Å². The quantitative estimate of drug-likeness (QED) is 0.744. The van der Waals surface area contributed by atoms with Crippen molar-refractivity contribution in [1.82, 2.24) is 0 Å². The molecule has 0 radical (unpaired) electrons. The Morgan fingerprint density at radius 2 is 2.18 bits per heavy atom. The second-order valence-electron chi connectivity index (χ2n) is 4.42. The lowest BCUT2D eigenvalue weighted by atomic mass is 9.92. The summed E-state index contributed by atoms with van der Waals surface area (Å²) in [4.78, 5) is 12.3. The van der Waals surface area contributed by atoms with Crippen molar-refractivity contribution >= 4 is 16.8 Å². The zero-order valence-corrected chi connectivity index (χ0v) is 9.52. The average molecular weight is 230 g/mol. The van der Waals surface area contributed by atoms with Crippen molar-refractivity contribution in [3.63, 3.8) is 0 Å². The van der Waals surface area contributed by atoms with Crippen LogP contribution in [0.3, 0.4) is 0 Å². The second-order valence-corrected chi connectivity index (χ2v) is 4.42. The van der Waals surface area contributed by atoms with Gasteiger partial charge >= 0.3 is 0 Å². The normalized spacial score (nSPS) is 20.6. The molecule has 17 heavy (non-hydrogen) atoms. The summed E-state index contributed by atoms with van der Waals surface area (Å²) in [5.41, 5.74) is 1.46. The van der Waals surface area contributed by atoms with Gasteiger partial charge in [0.15, 0.2) is 5.78 Å². The van der Waals surface area contributed by atoms with Gasteiger partial charge in [-0.2, -0.15) is 0 Å². The Bertz CT molecular complexity index is 535. The largest absolute Gasteiger partial charge is 0.464 e. The first-order chi connectivity index (χ1) is 8.36. The molecule has 3 nitrogen and oxygen atoms in total. The SMILES string of the molecule is O=C(c1coc2ccccc12)C1CCCOC1. The number of Topliss-reactive ketones (excluding diaryl/α,β-unsaturated/α-hetero) is 1. The smallest absolute Gasteiger partial charge is 0.172 e. The molecule has 0 spiro atoms. The van der Waals surface area contributed by atoms with Crippen LogP contribution in [0.5, 0.6) is 0 Å². The molecule has 1 aliphatic rings. The van der Waals surface area contributed by atoms with Gasteiger partial charge in [0.25, 0.3) is 0 Å². The Morgan fingerprint density at radius 1 is 1.29 bits per heavy atom.